The van der Waals surface area contributed by atoms with Crippen LogP contribution in [0.25, 0.3) is 16.6 Å². The fraction of sp³-hybridized carbons (Fsp3) is 0.280. The van der Waals surface area contributed by atoms with E-state index in [9.17, 15) is 18.4 Å². The van der Waals surface area contributed by atoms with Crippen molar-refractivity contribution in [2.75, 3.05) is 25.0 Å². The Morgan fingerprint density at radius 3 is 2.62 bits per heavy atom. The van der Waals surface area contributed by atoms with Crippen LogP contribution in [-0.2, 0) is 0 Å². The van der Waals surface area contributed by atoms with Gasteiger partial charge in [-0.05, 0) is 47.4 Å². The second-order valence-corrected chi connectivity index (χ2v) is 9.77. The first-order chi connectivity index (χ1) is 17.6. The zero-order valence-corrected chi connectivity index (χ0v) is 20.9. The van der Waals surface area contributed by atoms with Crippen LogP contribution in [0.5, 0.6) is 5.75 Å². The average molecular weight is 582 g/mol. The number of hydrogen-bond donors (Lipinski definition) is 2. The van der Waals surface area contributed by atoms with Crippen LogP contribution >= 0.6 is 15.9 Å². The Labute approximate surface area is 216 Å². The number of nitrogens with zero attached hydrogens (tertiary/aromatic N) is 2. The number of ether oxygens (including phenoxy) is 1. The number of carbonyl (C=O) groups is 1. The van der Waals surface area contributed by atoms with Crippen LogP contribution in [0.15, 0.2) is 45.8 Å². The number of nitrogens with one attached hydrogen (secondary N) is 1. The molecule has 12 heteroatoms. The third kappa shape index (κ3) is 4.17. The summed E-state index contributed by atoms with van der Waals surface area (Å²) in [6.07, 6.45) is 3.71. The fourth-order valence-corrected chi connectivity index (χ4v) is 5.89. The number of hydrogen-bond acceptors (Lipinski definition) is 5. The number of rotatable bonds is 4. The second kappa shape index (κ2) is 9.49. The van der Waals surface area contributed by atoms with Gasteiger partial charge < -0.3 is 24.6 Å². The molecule has 1 saturated heterocycles. The fourth-order valence-electron chi connectivity index (χ4n) is 5.33. The van der Waals surface area contributed by atoms with Crippen molar-refractivity contribution in [3.8, 4) is 11.4 Å². The van der Waals surface area contributed by atoms with Crippen molar-refractivity contribution in [1.29, 1.82) is 0 Å². The van der Waals surface area contributed by atoms with Gasteiger partial charge in [-0.15, -0.1) is 0 Å². The Bertz CT molecular complexity index is 1530. The molecule has 3 aromatic rings. The minimum atomic E-state index is -1.86. The van der Waals surface area contributed by atoms with E-state index in [1.165, 1.54) is 0 Å². The summed E-state index contributed by atoms with van der Waals surface area (Å²) in [4.78, 5) is 25.8. The van der Waals surface area contributed by atoms with E-state index in [1.54, 1.807) is 11.9 Å². The molecule has 0 radical (unpaired) electrons. The van der Waals surface area contributed by atoms with Gasteiger partial charge in [-0.1, -0.05) is 12.2 Å². The third-order valence-electron chi connectivity index (χ3n) is 6.96. The lowest BCUT2D eigenvalue weighted by molar-refractivity contribution is 0.144. The Morgan fingerprint density at radius 2 is 1.95 bits per heavy atom. The molecule has 1 aliphatic heterocycles. The summed E-state index contributed by atoms with van der Waals surface area (Å²) in [6.45, 7) is 0.663. The van der Waals surface area contributed by atoms with Crippen LogP contribution in [0.2, 0.25) is 0 Å². The highest BCUT2D eigenvalue weighted by atomic mass is 79.9. The number of likely N-dealkylation sites (N-methyl/N-ethyl adjacent to an activating group) is 1. The second-order valence-electron chi connectivity index (χ2n) is 8.98. The lowest BCUT2D eigenvalue weighted by atomic mass is 9.82. The van der Waals surface area contributed by atoms with Gasteiger partial charge in [-0.2, -0.15) is 0 Å². The van der Waals surface area contributed by atoms with E-state index in [1.807, 2.05) is 12.2 Å². The highest BCUT2D eigenvalue weighted by Crippen LogP contribution is 2.42. The summed E-state index contributed by atoms with van der Waals surface area (Å²) in [7, 11) is 1.81. The molecule has 0 bridgehead atoms. The quantitative estimate of drug-likeness (QED) is 0.196. The molecule has 37 heavy (non-hydrogen) atoms. The number of pyridine rings is 1. The number of fused-ring (bicyclic) bond motifs is 2. The lowest BCUT2D eigenvalue weighted by Gasteiger charge is -2.28. The van der Waals surface area contributed by atoms with Crippen molar-refractivity contribution in [2.45, 2.75) is 12.5 Å². The van der Waals surface area contributed by atoms with Crippen LogP contribution < -0.4 is 20.4 Å². The summed E-state index contributed by atoms with van der Waals surface area (Å²) in [6, 6.07) is 2.46. The van der Waals surface area contributed by atoms with Crippen molar-refractivity contribution < 1.29 is 32.2 Å². The van der Waals surface area contributed by atoms with Gasteiger partial charge >= 0.3 is 6.16 Å². The Kier molecular flexibility index (Phi) is 6.48. The zero-order valence-electron chi connectivity index (χ0n) is 19.3. The van der Waals surface area contributed by atoms with Crippen molar-refractivity contribution in [3.63, 3.8) is 0 Å². The molecule has 0 saturated carbocycles. The average Bonchev–Trinajstić information content (AvgIpc) is 3.27. The van der Waals surface area contributed by atoms with Gasteiger partial charge in [-0.3, -0.25) is 4.79 Å². The molecule has 0 spiro atoms. The summed E-state index contributed by atoms with van der Waals surface area (Å²) in [5.74, 6) is -4.85. The van der Waals surface area contributed by atoms with Crippen molar-refractivity contribution >= 4 is 38.7 Å². The number of carboxylic acid groups (broad SMARTS) is 1. The minimum Gasteiger partial charge on any atom is -0.449 e. The molecule has 3 unspecified atom stereocenters. The molecule has 2 heterocycles. The van der Waals surface area contributed by atoms with Crippen LogP contribution in [0.3, 0.4) is 0 Å². The van der Waals surface area contributed by atoms with Gasteiger partial charge in [0, 0.05) is 31.1 Å². The number of anilines is 1. The largest absolute Gasteiger partial charge is 0.511 e. The molecule has 194 valence electrons. The highest BCUT2D eigenvalue weighted by molar-refractivity contribution is 9.10. The monoisotopic (exact) mass is 581 g/mol. The van der Waals surface area contributed by atoms with Gasteiger partial charge in [0.2, 0.25) is 5.43 Å². The third-order valence-corrected chi connectivity index (χ3v) is 7.71. The lowest BCUT2D eigenvalue weighted by Crippen LogP contribution is -2.38. The molecule has 1 aliphatic carbocycles. The van der Waals surface area contributed by atoms with E-state index in [0.29, 0.717) is 19.2 Å². The van der Waals surface area contributed by atoms with Crippen molar-refractivity contribution in [2.24, 2.45) is 11.8 Å². The van der Waals surface area contributed by atoms with Crippen LogP contribution in [0.4, 0.5) is 28.0 Å². The number of benzene rings is 2. The maximum Gasteiger partial charge on any atom is 0.511 e. The van der Waals surface area contributed by atoms with Crippen LogP contribution in [0, 0.1) is 35.1 Å². The topological polar surface area (TPSA) is 83.8 Å². The molecule has 1 fully saturated rings. The standard InChI is InChI=1S/C25H20BrF4N3O4/c1-31-15-4-2-3-11-8-32(9-13(11)15)23-20(29)19(26)18-22(21(23)30)33(10-17(24(18)34)37-25(35)36)16-6-5-12(27)7-14(16)28/h2,4-7,10-11,13,15,31H,3,8-9H2,1H3,(H,35,36). The molecule has 7 nitrogen and oxygen atoms in total. The maximum atomic E-state index is 16.3. The highest BCUT2D eigenvalue weighted by Gasteiger charge is 2.40. The van der Waals surface area contributed by atoms with Crippen molar-refractivity contribution in [3.05, 3.63) is 74.5 Å². The van der Waals surface area contributed by atoms with E-state index in [-0.39, 0.29) is 17.9 Å². The zero-order chi connectivity index (χ0) is 26.6. The predicted molar refractivity (Wildman–Crippen MR) is 132 cm³/mol. The molecule has 0 amide bonds. The SMILES string of the molecule is CNC1C=CCC2CN(c3c(F)c(Br)c4c(=O)c(OC(=O)O)cn(-c5ccc(F)cc5F)c4c3F)CC21. The van der Waals surface area contributed by atoms with Gasteiger partial charge in [0.15, 0.2) is 17.4 Å². The first-order valence-corrected chi connectivity index (χ1v) is 12.1. The molecule has 2 aliphatic rings. The predicted octanol–water partition coefficient (Wildman–Crippen LogP) is 4.97. The van der Waals surface area contributed by atoms with E-state index in [2.05, 4.69) is 26.0 Å². The van der Waals surface area contributed by atoms with Gasteiger partial charge in [0.1, 0.15) is 17.3 Å². The molecular formula is C25H20BrF4N3O4. The summed E-state index contributed by atoms with van der Waals surface area (Å²) in [5, 5.41) is 11.7. The molecule has 2 N–H and O–H groups in total. The van der Waals surface area contributed by atoms with Gasteiger partial charge in [0.05, 0.1) is 27.3 Å². The molecule has 5 rings (SSSR count). The Balaban J connectivity index is 1.78. The molecule has 1 aromatic heterocycles. The number of allylic oxidation sites excluding steroid dienone is 1. The number of aromatic nitrogens is 1. The van der Waals surface area contributed by atoms with Crippen LogP contribution in [0.1, 0.15) is 6.42 Å². The normalized spacial score (nSPS) is 20.9. The minimum absolute atomic E-state index is 0.0148. The first-order valence-electron chi connectivity index (χ1n) is 11.3. The van der Waals surface area contributed by atoms with E-state index in [0.717, 1.165) is 29.3 Å². The first kappa shape index (κ1) is 25.3. The Hall–Kier alpha value is -3.38. The van der Waals surface area contributed by atoms with E-state index in [4.69, 9.17) is 5.11 Å². The Morgan fingerprint density at radius 1 is 1.19 bits per heavy atom. The van der Waals surface area contributed by atoms with E-state index < -0.39 is 67.4 Å². The molecular weight excluding hydrogens is 562 g/mol. The van der Waals surface area contributed by atoms with Gasteiger partial charge in [0.25, 0.3) is 0 Å². The smallest absolute Gasteiger partial charge is 0.449 e. The maximum absolute atomic E-state index is 16.3. The van der Waals surface area contributed by atoms with E-state index >= 15 is 8.78 Å². The van der Waals surface area contributed by atoms with Gasteiger partial charge in [-0.25, -0.2) is 22.4 Å². The summed E-state index contributed by atoms with van der Waals surface area (Å²) < 4.78 is 65.4. The summed E-state index contributed by atoms with van der Waals surface area (Å²) >= 11 is 3.04. The number of halogens is 5. The molecule has 2 aromatic carbocycles. The van der Waals surface area contributed by atoms with Crippen LogP contribution in [-0.4, -0.2) is 42.0 Å². The van der Waals surface area contributed by atoms with Crippen molar-refractivity contribution in [1.82, 2.24) is 9.88 Å². The summed E-state index contributed by atoms with van der Waals surface area (Å²) in [5.41, 5.74) is -2.46. The molecule has 3 atom stereocenters.